The largest absolute Gasteiger partial charge is 0.465 e. The monoisotopic (exact) mass is 768 g/mol. The number of aromatic nitrogens is 2. The minimum atomic E-state index is -4.49. The second kappa shape index (κ2) is 17.3. The van der Waals surface area contributed by atoms with Crippen LogP contribution >= 0.6 is 6.89 Å². The third kappa shape index (κ3) is 8.60. The molecule has 0 bridgehead atoms. The van der Waals surface area contributed by atoms with Crippen LogP contribution in [0.4, 0.5) is 18.0 Å². The van der Waals surface area contributed by atoms with E-state index < -0.39 is 48.0 Å². The summed E-state index contributed by atoms with van der Waals surface area (Å²) < 4.78 is 45.1. The van der Waals surface area contributed by atoms with E-state index in [1.54, 1.807) is 0 Å². The van der Waals surface area contributed by atoms with Crippen LogP contribution in [0, 0.1) is 16.7 Å². The molecule has 1 aromatic heterocycles. The predicted octanol–water partition coefficient (Wildman–Crippen LogP) is 8.90. The first-order valence-electron chi connectivity index (χ1n) is 18.2. The maximum absolute atomic E-state index is 15.6. The molecule has 0 unspecified atom stereocenters. The van der Waals surface area contributed by atoms with Gasteiger partial charge in [0.05, 0.1) is 5.56 Å². The van der Waals surface area contributed by atoms with Gasteiger partial charge in [0.25, 0.3) is 0 Å². The number of ketones is 1. The Morgan fingerprint density at radius 2 is 1.35 bits per heavy atom. The second-order valence-electron chi connectivity index (χ2n) is 14.0. The van der Waals surface area contributed by atoms with Gasteiger partial charge in [-0.1, -0.05) is 125 Å². The lowest BCUT2D eigenvalue weighted by Crippen LogP contribution is -2.58. The molecule has 2 atom stereocenters. The van der Waals surface area contributed by atoms with Gasteiger partial charge in [-0.3, -0.25) is 9.69 Å². The Morgan fingerprint density at radius 3 is 1.76 bits per heavy atom. The summed E-state index contributed by atoms with van der Waals surface area (Å²) in [7, 11) is 0. The summed E-state index contributed by atoms with van der Waals surface area (Å²) in [5, 5.41) is 32.8. The van der Waals surface area contributed by atoms with E-state index >= 15 is 4.79 Å². The molecule has 0 aliphatic heterocycles. The first-order chi connectivity index (χ1) is 26.3. The molecule has 55 heavy (non-hydrogen) atoms. The van der Waals surface area contributed by atoms with E-state index in [4.69, 9.17) is 4.42 Å². The van der Waals surface area contributed by atoms with Crippen LogP contribution in [0.5, 0.6) is 0 Å². The average molecular weight is 769 g/mol. The number of nitriles is 1. The molecule has 286 valence electrons. The molecule has 12 heteroatoms. The van der Waals surface area contributed by atoms with Crippen molar-refractivity contribution < 1.29 is 32.3 Å². The number of rotatable bonds is 15. The van der Waals surface area contributed by atoms with E-state index in [1.807, 2.05) is 119 Å². The molecule has 0 saturated heterocycles. The van der Waals surface area contributed by atoms with Crippen LogP contribution in [0.15, 0.2) is 120 Å². The van der Waals surface area contributed by atoms with Gasteiger partial charge >= 0.3 is 12.3 Å². The van der Waals surface area contributed by atoms with Crippen molar-refractivity contribution in [3.05, 3.63) is 127 Å². The molecule has 5 rings (SSSR count). The molecular formula is C43H44F3N4O4P. The highest BCUT2D eigenvalue weighted by molar-refractivity contribution is 7.97. The number of benzene rings is 4. The smallest absolute Gasteiger partial charge is 0.416 e. The van der Waals surface area contributed by atoms with Crippen molar-refractivity contribution in [3.63, 3.8) is 0 Å². The molecule has 1 amide bonds. The zero-order valence-corrected chi connectivity index (χ0v) is 32.1. The van der Waals surface area contributed by atoms with E-state index in [0.29, 0.717) is 24.8 Å². The summed E-state index contributed by atoms with van der Waals surface area (Å²) in [5.41, 5.74) is -1.41. The molecule has 4 aromatic carbocycles. The maximum atomic E-state index is 15.6. The third-order valence-corrected chi connectivity index (χ3v) is 14.2. The Kier molecular flexibility index (Phi) is 12.8. The quantitative estimate of drug-likeness (QED) is 0.106. The van der Waals surface area contributed by atoms with Gasteiger partial charge in [0, 0.05) is 18.0 Å². The van der Waals surface area contributed by atoms with Gasteiger partial charge in [-0.2, -0.15) is 18.4 Å². The van der Waals surface area contributed by atoms with Crippen molar-refractivity contribution >= 4 is 40.0 Å². The van der Waals surface area contributed by atoms with Gasteiger partial charge in [0.2, 0.25) is 11.8 Å². The van der Waals surface area contributed by atoms with Gasteiger partial charge in [-0.25, -0.2) is 4.79 Å². The normalized spacial score (nSPS) is 13.1. The lowest BCUT2D eigenvalue weighted by molar-refractivity contribution is -0.137. The molecule has 5 aromatic rings. The van der Waals surface area contributed by atoms with E-state index in [0.717, 1.165) is 28.0 Å². The Balaban J connectivity index is 1.63. The number of carboxylic acid groups (broad SMARTS) is 1. The number of Topliss-reactive ketones (excluding diaryl/α,β-unsaturated/α-hetero) is 1. The van der Waals surface area contributed by atoms with E-state index in [1.165, 1.54) is 17.0 Å². The van der Waals surface area contributed by atoms with Gasteiger partial charge in [-0.15, -0.1) is 10.2 Å². The van der Waals surface area contributed by atoms with Crippen LogP contribution in [0.2, 0.25) is 0 Å². The Bertz CT molecular complexity index is 2060. The Morgan fingerprint density at radius 1 is 0.836 bits per heavy atom. The molecule has 0 aliphatic rings. The molecule has 0 aliphatic carbocycles. The highest BCUT2D eigenvalue weighted by Crippen LogP contribution is 2.48. The molecular weight excluding hydrogens is 724 g/mol. The summed E-state index contributed by atoms with van der Waals surface area (Å²) in [5.74, 6) is -0.352. The van der Waals surface area contributed by atoms with Crippen molar-refractivity contribution in [1.29, 1.82) is 5.26 Å². The lowest BCUT2D eigenvalue weighted by atomic mass is 9.76. The van der Waals surface area contributed by atoms with Crippen LogP contribution in [-0.4, -0.2) is 49.5 Å². The molecule has 8 nitrogen and oxygen atoms in total. The highest BCUT2D eigenvalue weighted by Gasteiger charge is 2.47. The summed E-state index contributed by atoms with van der Waals surface area (Å²) in [6.07, 6.45) is -3.98. The zero-order valence-electron chi connectivity index (χ0n) is 31.2. The number of hydrogen-bond acceptors (Lipinski definition) is 6. The van der Waals surface area contributed by atoms with Crippen LogP contribution in [0.25, 0.3) is 11.5 Å². The van der Waals surface area contributed by atoms with Crippen molar-refractivity contribution in [2.24, 2.45) is 5.41 Å². The van der Waals surface area contributed by atoms with Crippen molar-refractivity contribution in [2.75, 3.05) is 0 Å². The average Bonchev–Trinajstić information content (AvgIpc) is 3.66. The molecule has 1 N–H and O–H groups in total. The fourth-order valence-corrected chi connectivity index (χ4v) is 11.6. The summed E-state index contributed by atoms with van der Waals surface area (Å²) in [4.78, 5) is 30.3. The van der Waals surface area contributed by atoms with E-state index in [9.17, 15) is 28.3 Å². The van der Waals surface area contributed by atoms with Crippen LogP contribution in [0.3, 0.4) is 0 Å². The number of halogens is 3. The summed E-state index contributed by atoms with van der Waals surface area (Å²) in [6, 6.07) is 33.3. The number of amides is 1. The minimum Gasteiger partial charge on any atom is -0.465 e. The summed E-state index contributed by atoms with van der Waals surface area (Å²) in [6.45, 7) is 4.37. The number of nitrogens with zero attached hydrogens (tertiary/aromatic N) is 4. The summed E-state index contributed by atoms with van der Waals surface area (Å²) >= 11 is 0. The van der Waals surface area contributed by atoms with Crippen LogP contribution in [0.1, 0.15) is 64.8 Å². The minimum absolute atomic E-state index is 0.00413. The number of alkyl halides is 3. The van der Waals surface area contributed by atoms with Gasteiger partial charge in [0.15, 0.2) is 5.78 Å². The predicted molar refractivity (Wildman–Crippen MR) is 210 cm³/mol. The van der Waals surface area contributed by atoms with Crippen LogP contribution < -0.4 is 15.9 Å². The fraction of sp³-hybridized carbons (Fsp3) is 0.302. The molecule has 0 radical (unpaired) electrons. The molecule has 1 heterocycles. The number of hydrogen-bond donors (Lipinski definition) is 1. The molecule has 0 saturated carbocycles. The standard InChI is InChI=1S/C43H44F3N4O4P/c1-5-28-42(3,4)39(50(41(52)53)32(6-2)26-27-37-48-49-40(54-37)30-22-24-31(25-23-30)43(44,45)46)38(51)36(29-47)55(33-16-10-7-11-17-33,34-18-12-8-13-19-34)35-20-14-9-15-21-35/h7-25,32,39H,5-6,26-28H2,1-4H3,(H,52,53)/t32-,39-/m1/s1. The number of aryl methyl sites for hydroxylation is 1. The first kappa shape index (κ1) is 40.7. The van der Waals surface area contributed by atoms with E-state index in [2.05, 4.69) is 16.3 Å². The van der Waals surface area contributed by atoms with Crippen molar-refractivity contribution in [3.8, 4) is 17.5 Å². The van der Waals surface area contributed by atoms with Crippen molar-refractivity contribution in [2.45, 2.75) is 78.1 Å². The molecule has 0 spiro atoms. The van der Waals surface area contributed by atoms with Crippen LogP contribution in [-0.2, 0) is 17.4 Å². The highest BCUT2D eigenvalue weighted by atomic mass is 31.2. The van der Waals surface area contributed by atoms with Gasteiger partial charge in [-0.05, 0) is 71.7 Å². The number of carbonyl (C=O) groups is 2. The number of carbonyl (C=O) groups excluding carboxylic acids is 1. The SMILES string of the molecule is CCCC(C)(C)[C@@H](C(=O)C(C#N)=P(c1ccccc1)(c1ccccc1)c1ccccc1)N(C(=O)O)[C@H](CC)CCc1nnc(-c2ccc(C(F)(F)F)cc2)o1. The Hall–Kier alpha value is -5.46. The zero-order chi connectivity index (χ0) is 39.8. The first-order valence-corrected chi connectivity index (χ1v) is 20.0. The lowest BCUT2D eigenvalue weighted by Gasteiger charge is -2.44. The van der Waals surface area contributed by atoms with Gasteiger partial charge < -0.3 is 9.52 Å². The molecule has 0 fully saturated rings. The second-order valence-corrected chi connectivity index (χ2v) is 17.3. The topological polar surface area (TPSA) is 120 Å². The van der Waals surface area contributed by atoms with Gasteiger partial charge in [0.1, 0.15) is 17.4 Å². The maximum Gasteiger partial charge on any atom is 0.416 e. The van der Waals surface area contributed by atoms with Crippen molar-refractivity contribution in [1.82, 2.24) is 15.1 Å². The van der Waals surface area contributed by atoms with E-state index in [-0.39, 0.29) is 29.9 Å². The Labute approximate surface area is 319 Å². The third-order valence-electron chi connectivity index (χ3n) is 9.97. The fourth-order valence-electron chi connectivity index (χ4n) is 7.43.